The van der Waals surface area contributed by atoms with E-state index in [9.17, 15) is 4.79 Å². The maximum atomic E-state index is 12.1. The van der Waals surface area contributed by atoms with Crippen molar-refractivity contribution in [2.75, 3.05) is 6.54 Å². The third kappa shape index (κ3) is 3.51. The average Bonchev–Trinajstić information content (AvgIpc) is 3.19. The van der Waals surface area contributed by atoms with Crippen molar-refractivity contribution in [1.29, 1.82) is 0 Å². The van der Waals surface area contributed by atoms with Gasteiger partial charge in [-0.1, -0.05) is 35.5 Å². The molecule has 1 amide bonds. The van der Waals surface area contributed by atoms with E-state index >= 15 is 0 Å². The molecule has 2 unspecified atom stereocenters. The summed E-state index contributed by atoms with van der Waals surface area (Å²) < 4.78 is 5.27. The summed E-state index contributed by atoms with van der Waals surface area (Å²) in [7, 11) is 0. The molecule has 116 valence electrons. The number of amides is 1. The fraction of sp³-hybridized carbons (Fsp3) is 0.438. The SMILES string of the molecule is CC(NC(=O)C1CCCN1)c1nc(Cc2ccccc2)no1. The number of hydrogen-bond acceptors (Lipinski definition) is 5. The lowest BCUT2D eigenvalue weighted by molar-refractivity contribution is -0.123. The minimum Gasteiger partial charge on any atom is -0.343 e. The molecule has 0 radical (unpaired) electrons. The van der Waals surface area contributed by atoms with Gasteiger partial charge in [-0.05, 0) is 31.9 Å². The molecule has 2 heterocycles. The summed E-state index contributed by atoms with van der Waals surface area (Å²) in [6.45, 7) is 2.75. The minimum atomic E-state index is -0.285. The fourth-order valence-electron chi connectivity index (χ4n) is 2.58. The highest BCUT2D eigenvalue weighted by Gasteiger charge is 2.25. The second kappa shape index (κ2) is 6.70. The molecule has 1 aromatic heterocycles. The van der Waals surface area contributed by atoms with Crippen LogP contribution in [0.3, 0.4) is 0 Å². The molecule has 1 aliphatic rings. The lowest BCUT2D eigenvalue weighted by atomic mass is 10.1. The quantitative estimate of drug-likeness (QED) is 0.876. The van der Waals surface area contributed by atoms with Gasteiger partial charge in [0.15, 0.2) is 5.82 Å². The Morgan fingerprint density at radius 1 is 1.45 bits per heavy atom. The number of nitrogens with one attached hydrogen (secondary N) is 2. The molecule has 2 atom stereocenters. The van der Waals surface area contributed by atoms with Crippen molar-refractivity contribution in [3.8, 4) is 0 Å². The van der Waals surface area contributed by atoms with Crippen LogP contribution in [0.4, 0.5) is 0 Å². The van der Waals surface area contributed by atoms with E-state index in [1.807, 2.05) is 37.3 Å². The Bertz CT molecular complexity index is 620. The number of rotatable bonds is 5. The topological polar surface area (TPSA) is 80.0 Å². The fourth-order valence-corrected chi connectivity index (χ4v) is 2.58. The standard InChI is InChI=1S/C16H20N4O2/c1-11(18-15(21)13-8-5-9-17-13)16-19-14(20-22-16)10-12-6-3-2-4-7-12/h2-4,6-7,11,13,17H,5,8-10H2,1H3,(H,18,21). The smallest absolute Gasteiger partial charge is 0.248 e. The van der Waals surface area contributed by atoms with Crippen LogP contribution in [0.2, 0.25) is 0 Å². The molecule has 3 rings (SSSR count). The zero-order chi connectivity index (χ0) is 15.4. The van der Waals surface area contributed by atoms with Crippen molar-refractivity contribution in [1.82, 2.24) is 20.8 Å². The Balaban J connectivity index is 1.59. The van der Waals surface area contributed by atoms with Gasteiger partial charge in [0.05, 0.1) is 6.04 Å². The zero-order valence-corrected chi connectivity index (χ0v) is 12.6. The van der Waals surface area contributed by atoms with E-state index in [2.05, 4.69) is 20.8 Å². The molecule has 22 heavy (non-hydrogen) atoms. The molecule has 1 saturated heterocycles. The van der Waals surface area contributed by atoms with Crippen LogP contribution in [-0.2, 0) is 11.2 Å². The summed E-state index contributed by atoms with van der Waals surface area (Å²) in [4.78, 5) is 16.4. The second-order valence-electron chi connectivity index (χ2n) is 5.59. The van der Waals surface area contributed by atoms with E-state index in [0.29, 0.717) is 18.1 Å². The summed E-state index contributed by atoms with van der Waals surface area (Å²) in [5.74, 6) is 1.06. The highest BCUT2D eigenvalue weighted by Crippen LogP contribution is 2.13. The number of carbonyl (C=O) groups excluding carboxylic acids is 1. The summed E-state index contributed by atoms with van der Waals surface area (Å²) in [5, 5.41) is 10.1. The number of carbonyl (C=O) groups is 1. The first-order valence-electron chi connectivity index (χ1n) is 7.62. The van der Waals surface area contributed by atoms with Crippen molar-refractivity contribution >= 4 is 5.91 Å². The molecular formula is C16H20N4O2. The van der Waals surface area contributed by atoms with Gasteiger partial charge < -0.3 is 15.2 Å². The molecule has 2 N–H and O–H groups in total. The molecule has 0 saturated carbocycles. The highest BCUT2D eigenvalue weighted by molar-refractivity contribution is 5.82. The monoisotopic (exact) mass is 300 g/mol. The van der Waals surface area contributed by atoms with Crippen molar-refractivity contribution < 1.29 is 9.32 Å². The largest absolute Gasteiger partial charge is 0.343 e. The van der Waals surface area contributed by atoms with Crippen LogP contribution in [0.15, 0.2) is 34.9 Å². The number of nitrogens with zero attached hydrogens (tertiary/aromatic N) is 2. The van der Waals surface area contributed by atoms with Crippen LogP contribution in [0, 0.1) is 0 Å². The molecule has 0 spiro atoms. The van der Waals surface area contributed by atoms with E-state index < -0.39 is 0 Å². The Morgan fingerprint density at radius 2 is 2.27 bits per heavy atom. The molecule has 0 bridgehead atoms. The molecule has 1 fully saturated rings. The maximum Gasteiger partial charge on any atom is 0.248 e. The van der Waals surface area contributed by atoms with Crippen LogP contribution in [-0.4, -0.2) is 28.6 Å². The minimum absolute atomic E-state index is 0.00666. The highest BCUT2D eigenvalue weighted by atomic mass is 16.5. The lowest BCUT2D eigenvalue weighted by Gasteiger charge is -2.14. The Morgan fingerprint density at radius 3 is 3.00 bits per heavy atom. The average molecular weight is 300 g/mol. The van der Waals surface area contributed by atoms with Gasteiger partial charge in [-0.25, -0.2) is 0 Å². The first-order valence-corrected chi connectivity index (χ1v) is 7.62. The van der Waals surface area contributed by atoms with Crippen molar-refractivity contribution in [3.05, 3.63) is 47.6 Å². The lowest BCUT2D eigenvalue weighted by Crippen LogP contribution is -2.41. The molecule has 1 aliphatic heterocycles. The van der Waals surface area contributed by atoms with Crippen LogP contribution in [0.25, 0.3) is 0 Å². The first kappa shape index (κ1) is 14.7. The van der Waals surface area contributed by atoms with Crippen molar-refractivity contribution in [2.45, 2.75) is 38.3 Å². The zero-order valence-electron chi connectivity index (χ0n) is 12.6. The van der Waals surface area contributed by atoms with Crippen LogP contribution in [0.1, 0.15) is 43.1 Å². The van der Waals surface area contributed by atoms with E-state index in [1.165, 1.54) is 0 Å². The van der Waals surface area contributed by atoms with Gasteiger partial charge in [-0.2, -0.15) is 4.98 Å². The van der Waals surface area contributed by atoms with Gasteiger partial charge in [0, 0.05) is 6.42 Å². The van der Waals surface area contributed by atoms with Crippen LogP contribution in [0.5, 0.6) is 0 Å². The van der Waals surface area contributed by atoms with Gasteiger partial charge >= 0.3 is 0 Å². The number of hydrogen-bond donors (Lipinski definition) is 2. The number of benzene rings is 1. The van der Waals surface area contributed by atoms with Crippen LogP contribution >= 0.6 is 0 Å². The van der Waals surface area contributed by atoms with Gasteiger partial charge in [0.25, 0.3) is 0 Å². The maximum absolute atomic E-state index is 12.1. The van der Waals surface area contributed by atoms with Crippen LogP contribution < -0.4 is 10.6 Å². The molecule has 6 heteroatoms. The van der Waals surface area contributed by atoms with Gasteiger partial charge in [-0.15, -0.1) is 0 Å². The Kier molecular flexibility index (Phi) is 4.48. The van der Waals surface area contributed by atoms with Gasteiger partial charge in [0.2, 0.25) is 11.8 Å². The summed E-state index contributed by atoms with van der Waals surface area (Å²) in [6.07, 6.45) is 2.53. The Hall–Kier alpha value is -2.21. The van der Waals surface area contributed by atoms with E-state index in [0.717, 1.165) is 24.9 Å². The predicted octanol–water partition coefficient (Wildman–Crippen LogP) is 1.59. The summed E-state index contributed by atoms with van der Waals surface area (Å²) in [6, 6.07) is 9.59. The molecule has 1 aromatic carbocycles. The number of aromatic nitrogens is 2. The van der Waals surface area contributed by atoms with E-state index in [1.54, 1.807) is 0 Å². The normalized spacial score (nSPS) is 19.0. The van der Waals surface area contributed by atoms with Gasteiger partial charge in [-0.3, -0.25) is 4.79 Å². The predicted molar refractivity (Wildman–Crippen MR) is 81.1 cm³/mol. The van der Waals surface area contributed by atoms with Crippen molar-refractivity contribution in [3.63, 3.8) is 0 Å². The third-order valence-electron chi connectivity index (χ3n) is 3.79. The van der Waals surface area contributed by atoms with E-state index in [4.69, 9.17) is 4.52 Å². The van der Waals surface area contributed by atoms with Gasteiger partial charge in [0.1, 0.15) is 6.04 Å². The Labute approximate surface area is 129 Å². The second-order valence-corrected chi connectivity index (χ2v) is 5.59. The molecular weight excluding hydrogens is 280 g/mol. The third-order valence-corrected chi connectivity index (χ3v) is 3.79. The molecule has 6 nitrogen and oxygen atoms in total. The van der Waals surface area contributed by atoms with E-state index in [-0.39, 0.29) is 18.0 Å². The molecule has 2 aromatic rings. The van der Waals surface area contributed by atoms with Crippen molar-refractivity contribution in [2.24, 2.45) is 0 Å². The first-order chi connectivity index (χ1) is 10.7. The summed E-state index contributed by atoms with van der Waals surface area (Å²) in [5.41, 5.74) is 1.13. The molecule has 0 aliphatic carbocycles. The summed E-state index contributed by atoms with van der Waals surface area (Å²) >= 11 is 0.